The highest BCUT2D eigenvalue weighted by Gasteiger charge is 2.64. The SMILES string of the molecule is CO[C@@H]1OC(CO)[C@](O[C@@H]2OC(C(=O)O)[C@@H](OC(C)C)[C@H](O)C2O)(OS(=O)(=O)O)[C@H](O)C1NC(C)=O. The Morgan fingerprint density at radius 2 is 1.72 bits per heavy atom. The topological polar surface area (TPSA) is 257 Å². The van der Waals surface area contributed by atoms with Crippen LogP contribution in [0.2, 0.25) is 0 Å². The van der Waals surface area contributed by atoms with Gasteiger partial charge in [0, 0.05) is 14.0 Å². The van der Waals surface area contributed by atoms with Gasteiger partial charge in [-0.1, -0.05) is 0 Å². The van der Waals surface area contributed by atoms with Crippen LogP contribution in [-0.2, 0) is 47.9 Å². The Kier molecular flexibility index (Phi) is 10.1. The highest BCUT2D eigenvalue weighted by atomic mass is 32.3. The Balaban J connectivity index is 2.56. The third-order valence-electron chi connectivity index (χ3n) is 5.31. The molecule has 0 aromatic carbocycles. The van der Waals surface area contributed by atoms with Crippen LogP contribution in [0.3, 0.4) is 0 Å². The van der Waals surface area contributed by atoms with Crippen LogP contribution in [-0.4, -0.2) is 131 Å². The van der Waals surface area contributed by atoms with Crippen LogP contribution in [0.15, 0.2) is 0 Å². The van der Waals surface area contributed by atoms with Crippen LogP contribution in [0.5, 0.6) is 0 Å². The van der Waals surface area contributed by atoms with Crippen molar-refractivity contribution in [1.29, 1.82) is 0 Å². The summed E-state index contributed by atoms with van der Waals surface area (Å²) in [5, 5.41) is 53.8. The molecular weight excluding hydrogens is 518 g/mol. The second kappa shape index (κ2) is 11.9. The van der Waals surface area contributed by atoms with E-state index in [1.165, 1.54) is 13.8 Å². The summed E-state index contributed by atoms with van der Waals surface area (Å²) in [6.45, 7) is 2.91. The van der Waals surface area contributed by atoms with Crippen LogP contribution in [0.1, 0.15) is 20.8 Å². The van der Waals surface area contributed by atoms with Gasteiger partial charge >= 0.3 is 16.4 Å². The Morgan fingerprint density at radius 3 is 2.17 bits per heavy atom. The summed E-state index contributed by atoms with van der Waals surface area (Å²) in [4.78, 5) is 23.5. The van der Waals surface area contributed by atoms with E-state index in [0.717, 1.165) is 14.0 Å². The van der Waals surface area contributed by atoms with Crippen LogP contribution >= 0.6 is 0 Å². The molecule has 0 saturated carbocycles. The van der Waals surface area contributed by atoms with Gasteiger partial charge in [-0.05, 0) is 13.8 Å². The number of nitrogens with one attached hydrogen (secondary N) is 1. The minimum absolute atomic E-state index is 0.620. The van der Waals surface area contributed by atoms with E-state index in [2.05, 4.69) is 9.50 Å². The van der Waals surface area contributed by atoms with Crippen LogP contribution < -0.4 is 5.32 Å². The number of carbonyl (C=O) groups is 2. The maximum atomic E-state index is 11.8. The number of methoxy groups -OCH3 is 1. The van der Waals surface area contributed by atoms with E-state index in [-0.39, 0.29) is 0 Å². The number of aliphatic carboxylic acids is 1. The largest absolute Gasteiger partial charge is 0.479 e. The average molecular weight is 550 g/mol. The minimum atomic E-state index is -5.54. The van der Waals surface area contributed by atoms with Gasteiger partial charge in [-0.2, -0.15) is 8.42 Å². The number of ether oxygens (including phenoxy) is 5. The monoisotopic (exact) mass is 549 g/mol. The van der Waals surface area contributed by atoms with Gasteiger partial charge in [0.05, 0.1) is 12.7 Å². The van der Waals surface area contributed by atoms with Crippen molar-refractivity contribution in [3.8, 4) is 0 Å². The lowest BCUT2D eigenvalue weighted by molar-refractivity contribution is -0.420. The lowest BCUT2D eigenvalue weighted by Crippen LogP contribution is -2.75. The van der Waals surface area contributed by atoms with Crippen LogP contribution in [0.25, 0.3) is 0 Å². The Hall–Kier alpha value is -1.55. The van der Waals surface area contributed by atoms with E-state index >= 15 is 0 Å². The molecule has 2 aliphatic rings. The number of aliphatic hydroxyl groups is 4. The number of carboxylic acid groups (broad SMARTS) is 1. The van der Waals surface area contributed by atoms with E-state index in [9.17, 15) is 48.1 Å². The molecule has 0 aromatic heterocycles. The van der Waals surface area contributed by atoms with Crippen LogP contribution in [0, 0.1) is 0 Å². The molecule has 2 saturated heterocycles. The first-order chi connectivity index (χ1) is 16.6. The lowest BCUT2D eigenvalue weighted by Gasteiger charge is -2.52. The molecule has 4 unspecified atom stereocenters. The van der Waals surface area contributed by atoms with E-state index in [4.69, 9.17) is 23.7 Å². The standard InChI is InChI=1S/C18H31NO16S/c1-6(2)31-12-10(22)11(23)17(33-13(12)15(25)26)34-18(35-36(27,28)29)8(5-20)32-16(30-4)9(14(18)24)19-7(3)21/h6,8-14,16-17,20,22-24H,5H2,1-4H3,(H,19,21)(H,25,26)(H,27,28,29)/t8?,9?,10-,11?,12+,13?,14-,16-,17+,18+/m1/s1. The normalized spacial score (nSPS) is 39.7. The molecular formula is C18H31NO16S. The Labute approximate surface area is 205 Å². The fraction of sp³-hybridized carbons (Fsp3) is 0.889. The van der Waals surface area contributed by atoms with Crippen molar-refractivity contribution in [1.82, 2.24) is 5.32 Å². The average Bonchev–Trinajstić information content (AvgIpc) is 2.75. The first-order valence-electron chi connectivity index (χ1n) is 10.6. The summed E-state index contributed by atoms with van der Waals surface area (Å²) in [7, 11) is -4.45. The van der Waals surface area contributed by atoms with Crippen molar-refractivity contribution in [2.24, 2.45) is 0 Å². The van der Waals surface area contributed by atoms with Crippen molar-refractivity contribution in [2.75, 3.05) is 13.7 Å². The lowest BCUT2D eigenvalue weighted by atomic mass is 9.92. The molecule has 2 fully saturated rings. The van der Waals surface area contributed by atoms with Crippen molar-refractivity contribution in [2.45, 2.75) is 87.9 Å². The van der Waals surface area contributed by atoms with Crippen LogP contribution in [0.4, 0.5) is 0 Å². The quantitative estimate of drug-likeness (QED) is 0.101. The van der Waals surface area contributed by atoms with Crippen molar-refractivity contribution in [3.05, 3.63) is 0 Å². The molecule has 1 amide bonds. The van der Waals surface area contributed by atoms with Gasteiger partial charge in [0.15, 0.2) is 18.7 Å². The summed E-state index contributed by atoms with van der Waals surface area (Å²) in [5.41, 5.74) is 0. The second-order valence-electron chi connectivity index (χ2n) is 8.33. The first-order valence-corrected chi connectivity index (χ1v) is 11.9. The number of carboxylic acids is 1. The predicted molar refractivity (Wildman–Crippen MR) is 111 cm³/mol. The molecule has 2 aliphatic heterocycles. The van der Waals surface area contributed by atoms with E-state index in [1.54, 1.807) is 0 Å². The third kappa shape index (κ3) is 6.65. The molecule has 0 bridgehead atoms. The fourth-order valence-electron chi connectivity index (χ4n) is 3.90. The highest BCUT2D eigenvalue weighted by molar-refractivity contribution is 7.80. The number of hydrogen-bond donors (Lipinski definition) is 7. The van der Waals surface area contributed by atoms with Gasteiger partial charge in [-0.25, -0.2) is 8.98 Å². The summed E-state index contributed by atoms with van der Waals surface area (Å²) < 4.78 is 63.8. The molecule has 0 radical (unpaired) electrons. The van der Waals surface area contributed by atoms with Gasteiger partial charge in [0.2, 0.25) is 11.7 Å². The number of amides is 1. The molecule has 17 nitrogen and oxygen atoms in total. The third-order valence-corrected chi connectivity index (χ3v) is 5.79. The first kappa shape index (κ1) is 30.7. The number of carbonyl (C=O) groups excluding carboxylic acids is 1. The molecule has 0 aromatic rings. The molecule has 210 valence electrons. The summed E-state index contributed by atoms with van der Waals surface area (Å²) in [6, 6.07) is -1.66. The molecule has 36 heavy (non-hydrogen) atoms. The number of aliphatic hydroxyl groups excluding tert-OH is 4. The zero-order valence-corrected chi connectivity index (χ0v) is 20.5. The fourth-order valence-corrected chi connectivity index (χ4v) is 4.47. The molecule has 2 rings (SSSR count). The summed E-state index contributed by atoms with van der Waals surface area (Å²) in [6.07, 6.45) is -16.5. The van der Waals surface area contributed by atoms with E-state index in [0.29, 0.717) is 0 Å². The second-order valence-corrected chi connectivity index (χ2v) is 9.35. The number of rotatable bonds is 10. The Bertz CT molecular complexity index is 884. The molecule has 7 N–H and O–H groups in total. The smallest absolute Gasteiger partial charge is 0.400 e. The molecule has 0 aliphatic carbocycles. The zero-order chi connectivity index (χ0) is 27.6. The van der Waals surface area contributed by atoms with Gasteiger partial charge in [-0.15, -0.1) is 0 Å². The maximum absolute atomic E-state index is 11.8. The zero-order valence-electron chi connectivity index (χ0n) is 19.7. The van der Waals surface area contributed by atoms with Gasteiger partial charge < -0.3 is 54.5 Å². The van der Waals surface area contributed by atoms with Gasteiger partial charge in [0.25, 0.3) is 0 Å². The minimum Gasteiger partial charge on any atom is -0.479 e. The molecule has 10 atom stereocenters. The van der Waals surface area contributed by atoms with Crippen molar-refractivity contribution < 1.29 is 76.0 Å². The molecule has 18 heteroatoms. The van der Waals surface area contributed by atoms with E-state index in [1.807, 2.05) is 0 Å². The van der Waals surface area contributed by atoms with E-state index < -0.39 is 96.0 Å². The van der Waals surface area contributed by atoms with Crippen molar-refractivity contribution >= 4 is 22.3 Å². The molecule has 2 heterocycles. The summed E-state index contributed by atoms with van der Waals surface area (Å²) in [5.74, 6) is -5.61. The van der Waals surface area contributed by atoms with Gasteiger partial charge in [-0.3, -0.25) is 9.35 Å². The maximum Gasteiger partial charge on any atom is 0.400 e. The Morgan fingerprint density at radius 1 is 1.11 bits per heavy atom. The highest BCUT2D eigenvalue weighted by Crippen LogP contribution is 2.39. The molecule has 0 spiro atoms. The van der Waals surface area contributed by atoms with Gasteiger partial charge in [0.1, 0.15) is 36.6 Å². The summed E-state index contributed by atoms with van der Waals surface area (Å²) >= 11 is 0. The van der Waals surface area contributed by atoms with Crippen molar-refractivity contribution in [3.63, 3.8) is 0 Å². The predicted octanol–water partition coefficient (Wildman–Crippen LogP) is -3.93. The number of hydrogen-bond acceptors (Lipinski definition) is 14.